The van der Waals surface area contributed by atoms with E-state index in [4.69, 9.17) is 9.63 Å². The van der Waals surface area contributed by atoms with E-state index in [1.165, 1.54) is 0 Å². The Labute approximate surface area is 111 Å². The molecule has 1 N–H and O–H groups in total. The van der Waals surface area contributed by atoms with Gasteiger partial charge in [0.25, 0.3) is 0 Å². The molecule has 1 saturated heterocycles. The third kappa shape index (κ3) is 3.05. The fraction of sp³-hybridized carbons (Fsp3) is 0.667. The molecule has 100 valence electrons. The standard InChI is InChI=1S/C12H18N2O3S/c1-8-11(9(2)17-13-8)6-14-3-4-18-7-10(14)5-12(15)16/h10H,3-7H2,1-2H3,(H,15,16). The maximum absolute atomic E-state index is 10.9. The summed E-state index contributed by atoms with van der Waals surface area (Å²) in [6.45, 7) is 5.49. The molecule has 1 fully saturated rings. The summed E-state index contributed by atoms with van der Waals surface area (Å²) < 4.78 is 5.15. The van der Waals surface area contributed by atoms with Crippen LogP contribution >= 0.6 is 11.8 Å². The summed E-state index contributed by atoms with van der Waals surface area (Å²) in [6.07, 6.45) is 0.205. The van der Waals surface area contributed by atoms with Gasteiger partial charge >= 0.3 is 5.97 Å². The monoisotopic (exact) mass is 270 g/mol. The smallest absolute Gasteiger partial charge is 0.304 e. The normalized spacial score (nSPS) is 21.1. The summed E-state index contributed by atoms with van der Waals surface area (Å²) in [4.78, 5) is 13.1. The lowest BCUT2D eigenvalue weighted by Gasteiger charge is -2.34. The molecule has 0 saturated carbocycles. The number of carboxylic acid groups (broad SMARTS) is 1. The van der Waals surface area contributed by atoms with Crippen LogP contribution in [0.3, 0.4) is 0 Å². The van der Waals surface area contributed by atoms with Crippen LogP contribution in [0, 0.1) is 13.8 Å². The Morgan fingerprint density at radius 2 is 2.39 bits per heavy atom. The number of nitrogens with zero attached hydrogens (tertiary/aromatic N) is 2. The molecule has 18 heavy (non-hydrogen) atoms. The number of aliphatic carboxylic acids is 1. The van der Waals surface area contributed by atoms with Crippen LogP contribution in [-0.4, -0.2) is 45.2 Å². The van der Waals surface area contributed by atoms with Crippen molar-refractivity contribution in [1.82, 2.24) is 10.1 Å². The van der Waals surface area contributed by atoms with Gasteiger partial charge in [0.1, 0.15) is 5.76 Å². The Hall–Kier alpha value is -1.01. The second-order valence-corrected chi connectivity index (χ2v) is 5.75. The summed E-state index contributed by atoms with van der Waals surface area (Å²) in [7, 11) is 0. The molecule has 6 heteroatoms. The molecule has 0 aliphatic carbocycles. The van der Waals surface area contributed by atoms with Crippen LogP contribution in [-0.2, 0) is 11.3 Å². The van der Waals surface area contributed by atoms with E-state index < -0.39 is 5.97 Å². The third-order valence-corrected chi connectivity index (χ3v) is 4.39. The van der Waals surface area contributed by atoms with Crippen molar-refractivity contribution in [3.05, 3.63) is 17.0 Å². The highest BCUT2D eigenvalue weighted by Gasteiger charge is 2.26. The summed E-state index contributed by atoms with van der Waals surface area (Å²) >= 11 is 1.83. The zero-order chi connectivity index (χ0) is 13.1. The number of aryl methyl sites for hydroxylation is 2. The number of hydrogen-bond donors (Lipinski definition) is 1. The molecule has 1 aliphatic heterocycles. The zero-order valence-corrected chi connectivity index (χ0v) is 11.5. The second-order valence-electron chi connectivity index (χ2n) is 4.60. The molecular weight excluding hydrogens is 252 g/mol. The first-order valence-corrected chi connectivity index (χ1v) is 7.18. The quantitative estimate of drug-likeness (QED) is 0.898. The first-order valence-electron chi connectivity index (χ1n) is 6.03. The van der Waals surface area contributed by atoms with Crippen LogP contribution < -0.4 is 0 Å². The number of carboxylic acids is 1. The predicted molar refractivity (Wildman–Crippen MR) is 69.8 cm³/mol. The maximum Gasteiger partial charge on any atom is 0.304 e. The van der Waals surface area contributed by atoms with Gasteiger partial charge in [0.15, 0.2) is 0 Å². The van der Waals surface area contributed by atoms with E-state index >= 15 is 0 Å². The molecule has 2 rings (SSSR count). The van der Waals surface area contributed by atoms with Gasteiger partial charge < -0.3 is 9.63 Å². The zero-order valence-electron chi connectivity index (χ0n) is 10.7. The molecule has 1 unspecified atom stereocenters. The topological polar surface area (TPSA) is 66.6 Å². The van der Waals surface area contributed by atoms with Crippen molar-refractivity contribution in [1.29, 1.82) is 0 Å². The molecule has 2 heterocycles. The number of aromatic nitrogens is 1. The molecule has 1 aliphatic rings. The van der Waals surface area contributed by atoms with E-state index in [-0.39, 0.29) is 12.5 Å². The molecule has 0 bridgehead atoms. The summed E-state index contributed by atoms with van der Waals surface area (Å²) in [5.74, 6) is 2.04. The maximum atomic E-state index is 10.9. The molecule has 0 amide bonds. The van der Waals surface area contributed by atoms with Gasteiger partial charge in [-0.05, 0) is 13.8 Å². The van der Waals surface area contributed by atoms with Crippen molar-refractivity contribution < 1.29 is 14.4 Å². The average Bonchev–Trinajstić information content (AvgIpc) is 2.62. The molecule has 0 spiro atoms. The number of rotatable bonds is 4. The van der Waals surface area contributed by atoms with E-state index in [2.05, 4.69) is 10.1 Å². The van der Waals surface area contributed by atoms with Crippen molar-refractivity contribution in [2.45, 2.75) is 32.9 Å². The van der Waals surface area contributed by atoms with Crippen LogP contribution in [0.1, 0.15) is 23.4 Å². The average molecular weight is 270 g/mol. The van der Waals surface area contributed by atoms with Crippen LogP contribution in [0.2, 0.25) is 0 Å². The van der Waals surface area contributed by atoms with Gasteiger partial charge in [-0.2, -0.15) is 11.8 Å². The molecule has 1 atom stereocenters. The molecule has 1 aromatic rings. The predicted octanol–water partition coefficient (Wildman–Crippen LogP) is 1.68. The largest absolute Gasteiger partial charge is 0.481 e. The van der Waals surface area contributed by atoms with E-state index in [0.29, 0.717) is 0 Å². The number of thioether (sulfide) groups is 1. The van der Waals surface area contributed by atoms with Crippen molar-refractivity contribution in [2.24, 2.45) is 0 Å². The third-order valence-electron chi connectivity index (χ3n) is 3.30. The summed E-state index contributed by atoms with van der Waals surface area (Å²) in [6, 6.07) is 0.106. The van der Waals surface area contributed by atoms with Crippen molar-refractivity contribution in [3.63, 3.8) is 0 Å². The first kappa shape index (κ1) is 13.4. The van der Waals surface area contributed by atoms with Gasteiger partial charge in [0, 0.05) is 36.2 Å². The minimum atomic E-state index is -0.730. The first-order chi connectivity index (χ1) is 8.58. The van der Waals surface area contributed by atoms with E-state index in [9.17, 15) is 4.79 Å². The lowest BCUT2D eigenvalue weighted by Crippen LogP contribution is -2.43. The van der Waals surface area contributed by atoms with Crippen molar-refractivity contribution in [3.8, 4) is 0 Å². The summed E-state index contributed by atoms with van der Waals surface area (Å²) in [5.41, 5.74) is 2.00. The van der Waals surface area contributed by atoms with Crippen LogP contribution in [0.25, 0.3) is 0 Å². The highest BCUT2D eigenvalue weighted by Crippen LogP contribution is 2.23. The molecule has 0 radical (unpaired) electrons. The minimum absolute atomic E-state index is 0.106. The van der Waals surface area contributed by atoms with E-state index in [0.717, 1.165) is 41.6 Å². The lowest BCUT2D eigenvalue weighted by molar-refractivity contribution is -0.138. The fourth-order valence-electron chi connectivity index (χ4n) is 2.22. The Morgan fingerprint density at radius 1 is 1.61 bits per heavy atom. The van der Waals surface area contributed by atoms with E-state index in [1.807, 2.05) is 25.6 Å². The Morgan fingerprint density at radius 3 is 3.00 bits per heavy atom. The lowest BCUT2D eigenvalue weighted by atomic mass is 10.1. The van der Waals surface area contributed by atoms with Gasteiger partial charge in [0.05, 0.1) is 12.1 Å². The highest BCUT2D eigenvalue weighted by molar-refractivity contribution is 7.99. The summed E-state index contributed by atoms with van der Waals surface area (Å²) in [5, 5.41) is 12.9. The van der Waals surface area contributed by atoms with Gasteiger partial charge in [-0.25, -0.2) is 0 Å². The van der Waals surface area contributed by atoms with Crippen LogP contribution in [0.4, 0.5) is 0 Å². The molecule has 0 aromatic carbocycles. The second kappa shape index (κ2) is 5.75. The SMILES string of the molecule is Cc1noc(C)c1CN1CCSCC1CC(=O)O. The number of hydrogen-bond acceptors (Lipinski definition) is 5. The van der Waals surface area contributed by atoms with Gasteiger partial charge in [-0.3, -0.25) is 9.69 Å². The molecular formula is C12H18N2O3S. The minimum Gasteiger partial charge on any atom is -0.481 e. The Bertz CT molecular complexity index is 413. The number of carbonyl (C=O) groups is 1. The highest BCUT2D eigenvalue weighted by atomic mass is 32.2. The van der Waals surface area contributed by atoms with Crippen molar-refractivity contribution >= 4 is 17.7 Å². The van der Waals surface area contributed by atoms with Crippen LogP contribution in [0.5, 0.6) is 0 Å². The van der Waals surface area contributed by atoms with Crippen molar-refractivity contribution in [2.75, 3.05) is 18.1 Å². The van der Waals surface area contributed by atoms with Gasteiger partial charge in [0.2, 0.25) is 0 Å². The molecule has 5 nitrogen and oxygen atoms in total. The molecule has 1 aromatic heterocycles. The Balaban J connectivity index is 2.07. The van der Waals surface area contributed by atoms with Gasteiger partial charge in [-0.1, -0.05) is 5.16 Å². The Kier molecular flexibility index (Phi) is 4.29. The fourth-order valence-corrected chi connectivity index (χ4v) is 3.35. The van der Waals surface area contributed by atoms with Gasteiger partial charge in [-0.15, -0.1) is 0 Å². The van der Waals surface area contributed by atoms with E-state index in [1.54, 1.807) is 0 Å². The van der Waals surface area contributed by atoms with Crippen LogP contribution in [0.15, 0.2) is 4.52 Å².